The molecule has 2 aromatic carbocycles. The molecule has 6 nitrogen and oxygen atoms in total. The van der Waals surface area contributed by atoms with Crippen LogP contribution in [0.25, 0.3) is 0 Å². The highest BCUT2D eigenvalue weighted by Gasteiger charge is 2.40. The second-order valence-electron chi connectivity index (χ2n) is 5.87. The maximum absolute atomic E-state index is 12.9. The Morgan fingerprint density at radius 2 is 1.82 bits per heavy atom. The van der Waals surface area contributed by atoms with E-state index >= 15 is 0 Å². The number of carbonyl (C=O) groups excluding carboxylic acids is 2. The zero-order valence-electron chi connectivity index (χ0n) is 14.0. The van der Waals surface area contributed by atoms with Gasteiger partial charge in [-0.05, 0) is 30.3 Å². The largest absolute Gasteiger partial charge is 0.417 e. The predicted molar refractivity (Wildman–Crippen MR) is 94.4 cm³/mol. The minimum atomic E-state index is -4.69. The molecule has 1 N–H and O–H groups in total. The molecule has 0 spiro atoms. The van der Waals surface area contributed by atoms with E-state index in [1.165, 1.54) is 30.3 Å². The molecule has 3 rings (SSSR count). The molecule has 1 aliphatic rings. The molecular weight excluding hydrogens is 421 g/mol. The number of anilines is 1. The third-order valence-corrected chi connectivity index (χ3v) is 6.18. The Morgan fingerprint density at radius 1 is 1.14 bits per heavy atom. The Hall–Kier alpha value is -2.59. The predicted octanol–water partition coefficient (Wildman–Crippen LogP) is 3.53. The van der Waals surface area contributed by atoms with Crippen LogP contribution >= 0.6 is 11.6 Å². The van der Waals surface area contributed by atoms with E-state index in [1.54, 1.807) is 0 Å². The quantitative estimate of drug-likeness (QED) is 0.801. The van der Waals surface area contributed by atoms with E-state index in [9.17, 15) is 31.2 Å². The molecule has 0 aliphatic carbocycles. The lowest BCUT2D eigenvalue weighted by Gasteiger charge is -2.15. The summed E-state index contributed by atoms with van der Waals surface area (Å²) in [5.41, 5.74) is -1.25. The van der Waals surface area contributed by atoms with Crippen molar-refractivity contribution in [2.45, 2.75) is 17.5 Å². The first-order valence-electron chi connectivity index (χ1n) is 7.84. The van der Waals surface area contributed by atoms with Crippen LogP contribution in [0, 0.1) is 0 Å². The average molecular weight is 433 g/mol. The summed E-state index contributed by atoms with van der Waals surface area (Å²) in [6.45, 7) is -0.443. The first-order valence-corrected chi connectivity index (χ1v) is 9.66. The first-order chi connectivity index (χ1) is 13.0. The molecule has 0 unspecified atom stereocenters. The van der Waals surface area contributed by atoms with Crippen LogP contribution in [-0.2, 0) is 21.0 Å². The van der Waals surface area contributed by atoms with Crippen molar-refractivity contribution < 1.29 is 31.2 Å². The van der Waals surface area contributed by atoms with Crippen molar-refractivity contribution >= 4 is 39.1 Å². The van der Waals surface area contributed by atoms with Crippen LogP contribution in [0.1, 0.15) is 22.3 Å². The highest BCUT2D eigenvalue weighted by atomic mass is 35.5. The zero-order valence-corrected chi connectivity index (χ0v) is 15.5. The van der Waals surface area contributed by atoms with Crippen molar-refractivity contribution in [3.8, 4) is 0 Å². The minimum Gasteiger partial charge on any atom is -0.326 e. The number of benzene rings is 2. The van der Waals surface area contributed by atoms with Crippen molar-refractivity contribution in [2.75, 3.05) is 11.9 Å². The van der Waals surface area contributed by atoms with E-state index in [0.717, 1.165) is 6.07 Å². The standard InChI is InChI=1S/C17H12ClF3N2O4S/c18-13-6-5-10(9-12(13)17(19,20)21)22-15(24)7-8-23-16(25)11-3-1-2-4-14(11)28(23,26)27/h1-6,9H,7-8H2,(H,22,24). The number of carbonyl (C=O) groups is 2. The summed E-state index contributed by atoms with van der Waals surface area (Å²) in [6.07, 6.45) is -5.12. The first kappa shape index (κ1) is 20.2. The Morgan fingerprint density at radius 3 is 2.46 bits per heavy atom. The van der Waals surface area contributed by atoms with Gasteiger partial charge in [-0.2, -0.15) is 13.2 Å². The maximum Gasteiger partial charge on any atom is 0.417 e. The van der Waals surface area contributed by atoms with Crippen molar-refractivity contribution in [2.24, 2.45) is 0 Å². The molecular formula is C17H12ClF3N2O4S. The van der Waals surface area contributed by atoms with Gasteiger partial charge in [0.25, 0.3) is 15.9 Å². The molecule has 0 saturated carbocycles. The molecule has 0 atom stereocenters. The fraction of sp³-hybridized carbons (Fsp3) is 0.176. The number of sulfonamides is 1. The number of nitrogens with one attached hydrogen (secondary N) is 1. The van der Waals surface area contributed by atoms with Gasteiger partial charge >= 0.3 is 6.18 Å². The fourth-order valence-corrected chi connectivity index (χ4v) is 4.49. The van der Waals surface area contributed by atoms with Crippen LogP contribution in [-0.4, -0.2) is 31.1 Å². The van der Waals surface area contributed by atoms with Gasteiger partial charge in [0.2, 0.25) is 5.91 Å². The number of alkyl halides is 3. The van der Waals surface area contributed by atoms with Crippen LogP contribution in [0.15, 0.2) is 47.4 Å². The van der Waals surface area contributed by atoms with Crippen molar-refractivity contribution in [1.29, 1.82) is 0 Å². The van der Waals surface area contributed by atoms with E-state index in [1.807, 2.05) is 0 Å². The van der Waals surface area contributed by atoms with Crippen LogP contribution in [0.5, 0.6) is 0 Å². The molecule has 0 fully saturated rings. The molecule has 2 amide bonds. The zero-order chi connectivity index (χ0) is 20.7. The van der Waals surface area contributed by atoms with Crippen LogP contribution in [0.3, 0.4) is 0 Å². The number of hydrogen-bond acceptors (Lipinski definition) is 4. The summed E-state index contributed by atoms with van der Waals surface area (Å²) in [4.78, 5) is 24.2. The molecule has 0 saturated heterocycles. The van der Waals surface area contributed by atoms with Gasteiger partial charge in [0.15, 0.2) is 0 Å². The second-order valence-corrected chi connectivity index (χ2v) is 8.11. The molecule has 28 heavy (non-hydrogen) atoms. The average Bonchev–Trinajstić information content (AvgIpc) is 2.81. The molecule has 0 bridgehead atoms. The lowest BCUT2D eigenvalue weighted by atomic mass is 10.2. The van der Waals surface area contributed by atoms with E-state index in [4.69, 9.17) is 11.6 Å². The molecule has 2 aromatic rings. The monoisotopic (exact) mass is 432 g/mol. The summed E-state index contributed by atoms with van der Waals surface area (Å²) in [7, 11) is -4.06. The highest BCUT2D eigenvalue weighted by Crippen LogP contribution is 2.36. The number of fused-ring (bicyclic) bond motifs is 1. The topological polar surface area (TPSA) is 83.6 Å². The number of nitrogens with zero attached hydrogens (tertiary/aromatic N) is 1. The second kappa shape index (κ2) is 7.10. The SMILES string of the molecule is O=C(CCN1C(=O)c2ccccc2S1(=O)=O)Nc1ccc(Cl)c(C(F)(F)F)c1. The molecule has 0 aromatic heterocycles. The number of rotatable bonds is 4. The Kier molecular flexibility index (Phi) is 5.11. The Balaban J connectivity index is 1.70. The lowest BCUT2D eigenvalue weighted by Crippen LogP contribution is -2.33. The summed E-state index contributed by atoms with van der Waals surface area (Å²) in [6, 6.07) is 8.48. The summed E-state index contributed by atoms with van der Waals surface area (Å²) in [5, 5.41) is 1.72. The summed E-state index contributed by atoms with van der Waals surface area (Å²) >= 11 is 5.51. The molecule has 11 heteroatoms. The molecule has 1 heterocycles. The van der Waals surface area contributed by atoms with Gasteiger partial charge in [0.05, 0.1) is 16.1 Å². The van der Waals surface area contributed by atoms with Gasteiger partial charge in [-0.3, -0.25) is 9.59 Å². The highest BCUT2D eigenvalue weighted by molar-refractivity contribution is 7.90. The molecule has 1 aliphatic heterocycles. The van der Waals surface area contributed by atoms with Crippen LogP contribution in [0.4, 0.5) is 18.9 Å². The van der Waals surface area contributed by atoms with E-state index in [2.05, 4.69) is 5.32 Å². The smallest absolute Gasteiger partial charge is 0.326 e. The van der Waals surface area contributed by atoms with Gasteiger partial charge < -0.3 is 5.32 Å². The summed E-state index contributed by atoms with van der Waals surface area (Å²) < 4.78 is 64.0. The third-order valence-electron chi connectivity index (χ3n) is 4.01. The van der Waals surface area contributed by atoms with Gasteiger partial charge in [0, 0.05) is 18.7 Å². The Labute approximate surface area is 163 Å². The van der Waals surface area contributed by atoms with Gasteiger partial charge in [-0.25, -0.2) is 12.7 Å². The van der Waals surface area contributed by atoms with Gasteiger partial charge in [0.1, 0.15) is 4.90 Å². The van der Waals surface area contributed by atoms with E-state index in [-0.39, 0.29) is 16.1 Å². The van der Waals surface area contributed by atoms with E-state index < -0.39 is 51.6 Å². The number of hydrogen-bond donors (Lipinski definition) is 1. The third kappa shape index (κ3) is 3.69. The Bertz CT molecular complexity index is 1070. The van der Waals surface area contributed by atoms with Crippen LogP contribution in [0.2, 0.25) is 5.02 Å². The van der Waals surface area contributed by atoms with Crippen molar-refractivity contribution in [3.05, 3.63) is 58.6 Å². The summed E-state index contributed by atoms with van der Waals surface area (Å²) in [5.74, 6) is -1.51. The molecule has 148 valence electrons. The lowest BCUT2D eigenvalue weighted by molar-refractivity contribution is -0.137. The van der Waals surface area contributed by atoms with Gasteiger partial charge in [-0.15, -0.1) is 0 Å². The van der Waals surface area contributed by atoms with E-state index in [0.29, 0.717) is 10.4 Å². The van der Waals surface area contributed by atoms with Crippen molar-refractivity contribution in [1.82, 2.24) is 4.31 Å². The van der Waals surface area contributed by atoms with Crippen molar-refractivity contribution in [3.63, 3.8) is 0 Å². The van der Waals surface area contributed by atoms with Gasteiger partial charge in [-0.1, -0.05) is 23.7 Å². The maximum atomic E-state index is 12.9. The van der Waals surface area contributed by atoms with Crippen LogP contribution < -0.4 is 5.32 Å². The molecule has 0 radical (unpaired) electrons. The number of amides is 2. The number of halogens is 4. The fourth-order valence-electron chi connectivity index (χ4n) is 2.70. The minimum absolute atomic E-state index is 0.00966. The normalized spacial score (nSPS) is 15.4.